The Balaban J connectivity index is 1.26. The molecule has 0 radical (unpaired) electrons. The van der Waals surface area contributed by atoms with Crippen molar-refractivity contribution in [2.45, 2.75) is 30.2 Å². The summed E-state index contributed by atoms with van der Waals surface area (Å²) in [5.41, 5.74) is 3.58. The molecular formula is C26H31FN4O3S. The van der Waals surface area contributed by atoms with Crippen molar-refractivity contribution in [3.05, 3.63) is 77.5 Å². The quantitative estimate of drug-likeness (QED) is 0.435. The number of ether oxygens (including phenoxy) is 1. The molecule has 2 aliphatic rings. The van der Waals surface area contributed by atoms with E-state index in [2.05, 4.69) is 26.7 Å². The SMILES string of the molecule is Cn1cnc(S(=O)(=O)NCCOc2ccc3c(c2)C(Cc2cccc(F)c2)C(CN2CCC2)C3)c1. The second-order valence-electron chi connectivity index (χ2n) is 9.54. The highest BCUT2D eigenvalue weighted by molar-refractivity contribution is 7.89. The van der Waals surface area contributed by atoms with Crippen LogP contribution < -0.4 is 9.46 Å². The van der Waals surface area contributed by atoms with Gasteiger partial charge in [-0.15, -0.1) is 0 Å². The zero-order valence-corrected chi connectivity index (χ0v) is 20.7. The van der Waals surface area contributed by atoms with Crippen LogP contribution in [0.5, 0.6) is 5.75 Å². The molecule has 9 heteroatoms. The van der Waals surface area contributed by atoms with Crippen LogP contribution in [0.15, 0.2) is 60.0 Å². The Morgan fingerprint density at radius 1 is 1.20 bits per heavy atom. The molecule has 0 spiro atoms. The third-order valence-corrected chi connectivity index (χ3v) is 8.32. The lowest BCUT2D eigenvalue weighted by Gasteiger charge is -2.35. The van der Waals surface area contributed by atoms with Crippen molar-refractivity contribution in [2.75, 3.05) is 32.8 Å². The van der Waals surface area contributed by atoms with Gasteiger partial charge in [-0.1, -0.05) is 18.2 Å². The number of aromatic nitrogens is 2. The molecular weight excluding hydrogens is 467 g/mol. The summed E-state index contributed by atoms with van der Waals surface area (Å²) in [6.07, 6.45) is 5.97. The molecule has 35 heavy (non-hydrogen) atoms. The highest BCUT2D eigenvalue weighted by atomic mass is 32.2. The topological polar surface area (TPSA) is 76.5 Å². The van der Waals surface area contributed by atoms with Gasteiger partial charge in [-0.3, -0.25) is 0 Å². The van der Waals surface area contributed by atoms with E-state index in [4.69, 9.17) is 4.74 Å². The summed E-state index contributed by atoms with van der Waals surface area (Å²) < 4.78 is 48.5. The van der Waals surface area contributed by atoms with E-state index in [0.29, 0.717) is 11.8 Å². The van der Waals surface area contributed by atoms with Crippen LogP contribution >= 0.6 is 0 Å². The molecule has 1 fully saturated rings. The Labute approximate surface area is 206 Å². The lowest BCUT2D eigenvalue weighted by molar-refractivity contribution is 0.145. The number of imidazole rings is 1. The maximum Gasteiger partial charge on any atom is 0.259 e. The third-order valence-electron chi connectivity index (χ3n) is 6.97. The summed E-state index contributed by atoms with van der Waals surface area (Å²) in [5, 5.41) is -0.00837. The first-order valence-electron chi connectivity index (χ1n) is 12.1. The van der Waals surface area contributed by atoms with Gasteiger partial charge in [-0.05, 0) is 85.1 Å². The van der Waals surface area contributed by atoms with Crippen LogP contribution in [-0.4, -0.2) is 55.7 Å². The Morgan fingerprint density at radius 3 is 2.77 bits per heavy atom. The van der Waals surface area contributed by atoms with E-state index in [1.807, 2.05) is 12.1 Å². The second-order valence-corrected chi connectivity index (χ2v) is 11.3. The minimum atomic E-state index is -3.66. The standard InChI is InChI=1S/C26H31FN4O3S/c1-30-17-26(28-18-30)35(32,33)29-8-11-34-23-7-6-20-14-21(16-31-9-3-10-31)24(25(20)15-23)13-19-4-2-5-22(27)12-19/h2,4-7,12,15,17-18,21,24,29H,3,8-11,13-14,16H2,1H3. The molecule has 7 nitrogen and oxygen atoms in total. The summed E-state index contributed by atoms with van der Waals surface area (Å²) in [4.78, 5) is 6.39. The predicted octanol–water partition coefficient (Wildman–Crippen LogP) is 3.12. The smallest absolute Gasteiger partial charge is 0.259 e. The summed E-state index contributed by atoms with van der Waals surface area (Å²) in [6, 6.07) is 13.0. The number of benzene rings is 2. The van der Waals surface area contributed by atoms with Crippen molar-refractivity contribution in [1.82, 2.24) is 19.2 Å². The Hall–Kier alpha value is -2.75. The van der Waals surface area contributed by atoms with Gasteiger partial charge in [0, 0.05) is 26.3 Å². The van der Waals surface area contributed by atoms with Crippen molar-refractivity contribution in [2.24, 2.45) is 13.0 Å². The summed E-state index contributed by atoms with van der Waals surface area (Å²) in [7, 11) is -1.94. The van der Waals surface area contributed by atoms with E-state index in [-0.39, 0.29) is 24.0 Å². The summed E-state index contributed by atoms with van der Waals surface area (Å²) in [6.45, 7) is 3.71. The molecule has 186 valence electrons. The van der Waals surface area contributed by atoms with Crippen LogP contribution in [0.1, 0.15) is 29.0 Å². The molecule has 2 atom stereocenters. The lowest BCUT2D eigenvalue weighted by Crippen LogP contribution is -2.41. The normalized spacial score (nSPS) is 19.9. The summed E-state index contributed by atoms with van der Waals surface area (Å²) >= 11 is 0. The van der Waals surface area contributed by atoms with Gasteiger partial charge in [0.1, 0.15) is 18.2 Å². The van der Waals surface area contributed by atoms with E-state index in [9.17, 15) is 12.8 Å². The first-order chi connectivity index (χ1) is 16.9. The number of halogens is 1. The summed E-state index contributed by atoms with van der Waals surface area (Å²) in [5.74, 6) is 1.28. The molecule has 2 heterocycles. The largest absolute Gasteiger partial charge is 0.492 e. The third kappa shape index (κ3) is 5.58. The van der Waals surface area contributed by atoms with Gasteiger partial charge < -0.3 is 14.2 Å². The van der Waals surface area contributed by atoms with Gasteiger partial charge in [0.2, 0.25) is 0 Å². The Bertz CT molecular complexity index is 1290. The number of aryl methyl sites for hydroxylation is 1. The Morgan fingerprint density at radius 2 is 2.06 bits per heavy atom. The average Bonchev–Trinajstić information content (AvgIpc) is 3.38. The van der Waals surface area contributed by atoms with Crippen LogP contribution in [0, 0.1) is 11.7 Å². The zero-order chi connectivity index (χ0) is 24.4. The fraction of sp³-hybridized carbons (Fsp3) is 0.423. The van der Waals surface area contributed by atoms with Crippen LogP contribution in [0.25, 0.3) is 0 Å². The molecule has 1 N–H and O–H groups in total. The maximum absolute atomic E-state index is 13.9. The fourth-order valence-corrected chi connectivity index (χ4v) is 6.09. The van der Waals surface area contributed by atoms with Gasteiger partial charge in [-0.25, -0.2) is 22.5 Å². The fourth-order valence-electron chi connectivity index (χ4n) is 5.10. The van der Waals surface area contributed by atoms with Gasteiger partial charge in [0.15, 0.2) is 5.03 Å². The number of rotatable bonds is 10. The monoisotopic (exact) mass is 498 g/mol. The number of hydrogen-bond acceptors (Lipinski definition) is 5. The highest BCUT2D eigenvalue weighted by Crippen LogP contribution is 2.42. The molecule has 0 saturated carbocycles. The molecule has 0 bridgehead atoms. The van der Waals surface area contributed by atoms with Crippen molar-refractivity contribution in [1.29, 1.82) is 0 Å². The first kappa shape index (κ1) is 24.0. The minimum absolute atomic E-state index is 0.00837. The molecule has 1 aliphatic heterocycles. The van der Waals surface area contributed by atoms with Gasteiger partial charge in [-0.2, -0.15) is 0 Å². The number of likely N-dealkylation sites (tertiary alicyclic amines) is 1. The van der Waals surface area contributed by atoms with Crippen LogP contribution in [0.3, 0.4) is 0 Å². The average molecular weight is 499 g/mol. The van der Waals surface area contributed by atoms with Crippen molar-refractivity contribution in [3.8, 4) is 5.75 Å². The van der Waals surface area contributed by atoms with Crippen LogP contribution in [-0.2, 0) is 29.9 Å². The number of sulfonamides is 1. The van der Waals surface area contributed by atoms with E-state index < -0.39 is 10.0 Å². The molecule has 2 unspecified atom stereocenters. The number of nitrogens with zero attached hydrogens (tertiary/aromatic N) is 3. The first-order valence-corrected chi connectivity index (χ1v) is 13.6. The van der Waals surface area contributed by atoms with E-state index in [1.54, 1.807) is 23.7 Å². The molecule has 1 aliphatic carbocycles. The van der Waals surface area contributed by atoms with Crippen molar-refractivity contribution >= 4 is 10.0 Å². The molecule has 3 aromatic rings. The van der Waals surface area contributed by atoms with E-state index >= 15 is 0 Å². The number of hydrogen-bond donors (Lipinski definition) is 1. The van der Waals surface area contributed by atoms with E-state index in [1.165, 1.54) is 36.1 Å². The predicted molar refractivity (Wildman–Crippen MR) is 131 cm³/mol. The molecule has 1 saturated heterocycles. The lowest BCUT2D eigenvalue weighted by atomic mass is 9.86. The molecule has 0 amide bonds. The highest BCUT2D eigenvalue weighted by Gasteiger charge is 2.35. The number of nitrogens with one attached hydrogen (secondary N) is 1. The Kier molecular flexibility index (Phi) is 6.91. The number of fused-ring (bicyclic) bond motifs is 1. The van der Waals surface area contributed by atoms with Crippen LogP contribution in [0.4, 0.5) is 4.39 Å². The van der Waals surface area contributed by atoms with Gasteiger partial charge in [0.05, 0.1) is 6.33 Å². The maximum atomic E-state index is 13.9. The van der Waals surface area contributed by atoms with Gasteiger partial charge >= 0.3 is 0 Å². The van der Waals surface area contributed by atoms with Crippen LogP contribution in [0.2, 0.25) is 0 Å². The molecule has 1 aromatic heterocycles. The minimum Gasteiger partial charge on any atom is -0.492 e. The van der Waals surface area contributed by atoms with Crippen molar-refractivity contribution < 1.29 is 17.5 Å². The second kappa shape index (κ2) is 10.1. The molecule has 5 rings (SSSR count). The van der Waals surface area contributed by atoms with Crippen molar-refractivity contribution in [3.63, 3.8) is 0 Å². The zero-order valence-electron chi connectivity index (χ0n) is 19.9. The molecule has 2 aromatic carbocycles. The van der Waals surface area contributed by atoms with E-state index in [0.717, 1.165) is 43.8 Å². The van der Waals surface area contributed by atoms with Gasteiger partial charge in [0.25, 0.3) is 10.0 Å².